The quantitative estimate of drug-likeness (QED) is 0.763. The fourth-order valence-corrected chi connectivity index (χ4v) is 2.31. The number of hydrogen-bond donors (Lipinski definition) is 0. The van der Waals surface area contributed by atoms with Gasteiger partial charge in [-0.05, 0) is 43.7 Å². The number of carbonyl (C=O) groups excluding carboxylic acids is 2. The van der Waals surface area contributed by atoms with Gasteiger partial charge in [-0.15, -0.1) is 0 Å². The van der Waals surface area contributed by atoms with Crippen molar-refractivity contribution >= 4 is 11.9 Å². The van der Waals surface area contributed by atoms with E-state index in [-0.39, 0.29) is 19.1 Å². The van der Waals surface area contributed by atoms with Crippen molar-refractivity contribution in [3.05, 3.63) is 71.5 Å². The first-order chi connectivity index (χ1) is 11.5. The predicted molar refractivity (Wildman–Crippen MR) is 88.8 cm³/mol. The van der Waals surface area contributed by atoms with Gasteiger partial charge in [0.2, 0.25) is 0 Å². The number of benzene rings is 2. The van der Waals surface area contributed by atoms with E-state index >= 15 is 0 Å². The minimum atomic E-state index is -0.747. The number of rotatable bonds is 6. The van der Waals surface area contributed by atoms with Crippen LogP contribution in [-0.4, -0.2) is 29.4 Å². The number of ether oxygens (including phenoxy) is 1. The average molecular weight is 329 g/mol. The van der Waals surface area contributed by atoms with Gasteiger partial charge in [0.25, 0.3) is 5.91 Å². The Morgan fingerprint density at radius 3 is 2.29 bits per heavy atom. The number of halogens is 1. The molecule has 0 fully saturated rings. The maximum atomic E-state index is 13.1. The highest BCUT2D eigenvalue weighted by atomic mass is 19.1. The molecule has 0 aromatic heterocycles. The molecule has 0 aliphatic rings. The SMILES string of the molecule is CCOC(=O)C(C)N(Cc1ccccc1)C(=O)c1ccc(F)cc1. The summed E-state index contributed by atoms with van der Waals surface area (Å²) in [6.45, 7) is 3.85. The van der Waals surface area contributed by atoms with Gasteiger partial charge in [-0.25, -0.2) is 9.18 Å². The van der Waals surface area contributed by atoms with Crippen LogP contribution in [0.15, 0.2) is 54.6 Å². The number of carbonyl (C=O) groups is 2. The molecule has 0 aliphatic carbocycles. The van der Waals surface area contributed by atoms with Crippen LogP contribution in [0.25, 0.3) is 0 Å². The highest BCUT2D eigenvalue weighted by Gasteiger charge is 2.28. The van der Waals surface area contributed by atoms with E-state index < -0.39 is 17.8 Å². The lowest BCUT2D eigenvalue weighted by atomic mass is 10.1. The molecule has 24 heavy (non-hydrogen) atoms. The van der Waals surface area contributed by atoms with Gasteiger partial charge >= 0.3 is 5.97 Å². The van der Waals surface area contributed by atoms with Crippen LogP contribution in [0.4, 0.5) is 4.39 Å². The van der Waals surface area contributed by atoms with Crippen LogP contribution in [0.5, 0.6) is 0 Å². The molecule has 2 aromatic carbocycles. The molecule has 0 heterocycles. The molecule has 2 rings (SSSR count). The van der Waals surface area contributed by atoms with Gasteiger partial charge in [0.05, 0.1) is 6.61 Å². The summed E-state index contributed by atoms with van der Waals surface area (Å²) in [5.41, 5.74) is 1.22. The Bertz CT molecular complexity index is 686. The standard InChI is InChI=1S/C19H20FNO3/c1-3-24-19(23)14(2)21(13-15-7-5-4-6-8-15)18(22)16-9-11-17(20)12-10-16/h4-12,14H,3,13H2,1-2H3. The zero-order chi connectivity index (χ0) is 17.5. The van der Waals surface area contributed by atoms with Gasteiger partial charge < -0.3 is 9.64 Å². The van der Waals surface area contributed by atoms with Crippen LogP contribution in [0.1, 0.15) is 29.8 Å². The lowest BCUT2D eigenvalue weighted by Crippen LogP contribution is -2.43. The van der Waals surface area contributed by atoms with E-state index in [1.807, 2.05) is 30.3 Å². The Morgan fingerprint density at radius 1 is 1.08 bits per heavy atom. The first-order valence-corrected chi connectivity index (χ1v) is 7.80. The molecule has 2 aromatic rings. The van der Waals surface area contributed by atoms with Gasteiger partial charge in [0.1, 0.15) is 11.9 Å². The maximum Gasteiger partial charge on any atom is 0.328 e. The third-order valence-corrected chi connectivity index (χ3v) is 3.64. The number of hydrogen-bond acceptors (Lipinski definition) is 3. The summed E-state index contributed by atoms with van der Waals surface area (Å²) >= 11 is 0. The van der Waals surface area contributed by atoms with E-state index in [1.165, 1.54) is 29.2 Å². The van der Waals surface area contributed by atoms with Gasteiger partial charge in [-0.2, -0.15) is 0 Å². The first-order valence-electron chi connectivity index (χ1n) is 7.80. The first kappa shape index (κ1) is 17.7. The molecule has 0 bridgehead atoms. The molecular formula is C19H20FNO3. The fourth-order valence-electron chi connectivity index (χ4n) is 2.31. The molecule has 126 valence electrons. The molecule has 1 atom stereocenters. The largest absolute Gasteiger partial charge is 0.464 e. The zero-order valence-electron chi connectivity index (χ0n) is 13.7. The van der Waals surface area contributed by atoms with Crippen LogP contribution < -0.4 is 0 Å². The Balaban J connectivity index is 2.28. The molecule has 0 saturated heterocycles. The Hall–Kier alpha value is -2.69. The van der Waals surface area contributed by atoms with E-state index in [0.29, 0.717) is 5.56 Å². The minimum absolute atomic E-state index is 0.243. The van der Waals surface area contributed by atoms with Crippen LogP contribution in [0.3, 0.4) is 0 Å². The van der Waals surface area contributed by atoms with Crippen molar-refractivity contribution in [2.45, 2.75) is 26.4 Å². The van der Waals surface area contributed by atoms with Crippen molar-refractivity contribution in [1.82, 2.24) is 4.90 Å². The molecule has 5 heteroatoms. The summed E-state index contributed by atoms with van der Waals surface area (Å²) in [7, 11) is 0. The molecule has 1 amide bonds. The van der Waals surface area contributed by atoms with E-state index in [0.717, 1.165) is 5.56 Å². The van der Waals surface area contributed by atoms with Gasteiger partial charge in [0.15, 0.2) is 0 Å². The number of amides is 1. The monoisotopic (exact) mass is 329 g/mol. The summed E-state index contributed by atoms with van der Waals surface area (Å²) in [5.74, 6) is -1.23. The second-order valence-corrected chi connectivity index (χ2v) is 5.35. The normalized spacial score (nSPS) is 11.6. The molecule has 4 nitrogen and oxygen atoms in total. The van der Waals surface area contributed by atoms with Crippen molar-refractivity contribution in [1.29, 1.82) is 0 Å². The van der Waals surface area contributed by atoms with Crippen molar-refractivity contribution in [3.63, 3.8) is 0 Å². The van der Waals surface area contributed by atoms with Gasteiger partial charge in [0, 0.05) is 12.1 Å². The smallest absolute Gasteiger partial charge is 0.328 e. The molecule has 0 spiro atoms. The van der Waals surface area contributed by atoms with E-state index in [1.54, 1.807) is 13.8 Å². The second-order valence-electron chi connectivity index (χ2n) is 5.35. The maximum absolute atomic E-state index is 13.1. The van der Waals surface area contributed by atoms with Crippen molar-refractivity contribution in [2.75, 3.05) is 6.61 Å². The lowest BCUT2D eigenvalue weighted by Gasteiger charge is -2.28. The fraction of sp³-hybridized carbons (Fsp3) is 0.263. The van der Waals surface area contributed by atoms with Crippen LogP contribution in [0.2, 0.25) is 0 Å². The van der Waals surface area contributed by atoms with Crippen molar-refractivity contribution in [2.24, 2.45) is 0 Å². The summed E-state index contributed by atoms with van der Waals surface area (Å²) in [6.07, 6.45) is 0. The number of esters is 1. The topological polar surface area (TPSA) is 46.6 Å². The molecule has 0 saturated carbocycles. The molecule has 0 N–H and O–H groups in total. The third-order valence-electron chi connectivity index (χ3n) is 3.64. The Kier molecular flexibility index (Phi) is 6.07. The predicted octanol–water partition coefficient (Wildman–Crippen LogP) is 3.42. The van der Waals surface area contributed by atoms with Crippen molar-refractivity contribution < 1.29 is 18.7 Å². The highest BCUT2D eigenvalue weighted by molar-refractivity contribution is 5.96. The summed E-state index contributed by atoms with van der Waals surface area (Å²) < 4.78 is 18.1. The average Bonchev–Trinajstić information content (AvgIpc) is 2.60. The molecule has 0 aliphatic heterocycles. The zero-order valence-corrected chi connectivity index (χ0v) is 13.7. The third kappa shape index (κ3) is 4.41. The highest BCUT2D eigenvalue weighted by Crippen LogP contribution is 2.15. The lowest BCUT2D eigenvalue weighted by molar-refractivity contribution is -0.148. The Morgan fingerprint density at radius 2 is 1.71 bits per heavy atom. The Labute approximate surface area is 140 Å². The van der Waals surface area contributed by atoms with Crippen LogP contribution in [-0.2, 0) is 16.1 Å². The summed E-state index contributed by atoms with van der Waals surface area (Å²) in [6, 6.07) is 13.9. The summed E-state index contributed by atoms with van der Waals surface area (Å²) in [5, 5.41) is 0. The minimum Gasteiger partial charge on any atom is -0.464 e. The number of nitrogens with zero attached hydrogens (tertiary/aromatic N) is 1. The van der Waals surface area contributed by atoms with Crippen LogP contribution >= 0.6 is 0 Å². The van der Waals surface area contributed by atoms with E-state index in [9.17, 15) is 14.0 Å². The summed E-state index contributed by atoms with van der Waals surface area (Å²) in [4.78, 5) is 26.3. The molecule has 1 unspecified atom stereocenters. The molecule has 0 radical (unpaired) electrons. The van der Waals surface area contributed by atoms with E-state index in [4.69, 9.17) is 4.74 Å². The second kappa shape index (κ2) is 8.24. The van der Waals surface area contributed by atoms with Crippen LogP contribution in [0, 0.1) is 5.82 Å². The van der Waals surface area contributed by atoms with Gasteiger partial charge in [-0.1, -0.05) is 30.3 Å². The van der Waals surface area contributed by atoms with E-state index in [2.05, 4.69) is 0 Å². The molecular weight excluding hydrogens is 309 g/mol. The van der Waals surface area contributed by atoms with Gasteiger partial charge in [-0.3, -0.25) is 4.79 Å². The van der Waals surface area contributed by atoms with Crippen molar-refractivity contribution in [3.8, 4) is 0 Å².